The molecule has 0 saturated carbocycles. The number of fused-ring (bicyclic) bond motifs is 3. The van der Waals surface area contributed by atoms with Crippen LogP contribution in [0.1, 0.15) is 18.4 Å². The first-order valence-electron chi connectivity index (χ1n) is 10.9. The van der Waals surface area contributed by atoms with E-state index in [1.807, 2.05) is 0 Å². The topological polar surface area (TPSA) is 78.9 Å². The van der Waals surface area contributed by atoms with Crippen molar-refractivity contribution in [1.82, 2.24) is 0 Å². The lowest BCUT2D eigenvalue weighted by Gasteiger charge is -2.50. The molecule has 2 aromatic rings. The summed E-state index contributed by atoms with van der Waals surface area (Å²) in [5, 5.41) is 0.297. The fourth-order valence-electron chi connectivity index (χ4n) is 5.10. The molecule has 0 bridgehead atoms. The van der Waals surface area contributed by atoms with Crippen molar-refractivity contribution in [2.75, 3.05) is 32.2 Å². The molecule has 0 radical (unpaired) electrons. The molecule has 3 unspecified atom stereocenters. The van der Waals surface area contributed by atoms with E-state index in [1.54, 1.807) is 0 Å². The largest absolute Gasteiger partial charge is 0.490 e. The molecule has 34 heavy (non-hydrogen) atoms. The van der Waals surface area contributed by atoms with E-state index in [9.17, 15) is 17.0 Å². The predicted molar refractivity (Wildman–Crippen MR) is 122 cm³/mol. The Balaban J connectivity index is 1.61. The Morgan fingerprint density at radius 2 is 1.76 bits per heavy atom. The van der Waals surface area contributed by atoms with Crippen molar-refractivity contribution in [3.05, 3.63) is 58.6 Å². The quantitative estimate of drug-likeness (QED) is 0.565. The van der Waals surface area contributed by atoms with Gasteiger partial charge in [-0.25, -0.2) is 17.2 Å². The lowest BCUT2D eigenvalue weighted by molar-refractivity contribution is -0.0732. The van der Waals surface area contributed by atoms with Gasteiger partial charge in [-0.15, -0.1) is 0 Å². The van der Waals surface area contributed by atoms with Gasteiger partial charge in [0.2, 0.25) is 0 Å². The lowest BCUT2D eigenvalue weighted by atomic mass is 9.75. The van der Waals surface area contributed by atoms with Crippen LogP contribution < -0.4 is 4.74 Å². The average Bonchev–Trinajstić information content (AvgIpc) is 2.78. The Morgan fingerprint density at radius 1 is 1.06 bits per heavy atom. The first-order valence-corrected chi connectivity index (χ1v) is 14.2. The highest BCUT2D eigenvalue weighted by Crippen LogP contribution is 2.55. The summed E-state index contributed by atoms with van der Waals surface area (Å²) in [6.45, 7) is 0.696. The van der Waals surface area contributed by atoms with Gasteiger partial charge in [0, 0.05) is 34.1 Å². The van der Waals surface area contributed by atoms with Gasteiger partial charge >= 0.3 is 0 Å². The molecule has 3 heterocycles. The van der Waals surface area contributed by atoms with Crippen LogP contribution >= 0.6 is 11.6 Å². The van der Waals surface area contributed by atoms with Gasteiger partial charge < -0.3 is 14.2 Å². The van der Waals surface area contributed by atoms with Crippen LogP contribution in [0.5, 0.6) is 5.75 Å². The molecule has 4 atom stereocenters. The van der Waals surface area contributed by atoms with Gasteiger partial charge in [0.15, 0.2) is 21.4 Å². The molecule has 5 rings (SSSR count). The highest BCUT2D eigenvalue weighted by molar-refractivity contribution is 7.92. The Bertz CT molecular complexity index is 1220. The third kappa shape index (κ3) is 3.78. The standard InChI is InChI=1S/C23H23ClF2O6S2/c24-14-1-3-16(4-2-14)34(28,29)23-8-9-31-20(7-10-33(27)15-11-30-12-15)17(23)13-32-22-19(26)6-5-18(25)21(22)23/h1-6,15,17,20H,7-13H2/t17?,20?,23-,33?/m0/s1. The van der Waals surface area contributed by atoms with Gasteiger partial charge in [-0.1, -0.05) is 11.6 Å². The Hall–Kier alpha value is -1.59. The maximum Gasteiger partial charge on any atom is 0.189 e. The second-order valence-electron chi connectivity index (χ2n) is 8.69. The summed E-state index contributed by atoms with van der Waals surface area (Å²) < 4.78 is 85.9. The minimum Gasteiger partial charge on any atom is -0.490 e. The zero-order valence-electron chi connectivity index (χ0n) is 18.0. The lowest BCUT2D eigenvalue weighted by Crippen LogP contribution is -2.57. The fraction of sp³-hybridized carbons (Fsp3) is 0.478. The van der Waals surface area contributed by atoms with Gasteiger partial charge in [0.25, 0.3) is 0 Å². The highest BCUT2D eigenvalue weighted by atomic mass is 35.5. The summed E-state index contributed by atoms with van der Waals surface area (Å²) >= 11 is 5.96. The van der Waals surface area contributed by atoms with E-state index in [2.05, 4.69) is 0 Å². The van der Waals surface area contributed by atoms with Crippen molar-refractivity contribution in [3.63, 3.8) is 0 Å². The zero-order chi connectivity index (χ0) is 24.1. The second kappa shape index (κ2) is 9.13. The van der Waals surface area contributed by atoms with Crippen LogP contribution in [0.2, 0.25) is 5.02 Å². The molecule has 3 aliphatic heterocycles. The third-order valence-corrected chi connectivity index (χ3v) is 11.4. The number of rotatable bonds is 6. The number of benzene rings is 2. The molecule has 2 fully saturated rings. The predicted octanol–water partition coefficient (Wildman–Crippen LogP) is 3.62. The number of sulfone groups is 1. The number of hydrogen-bond donors (Lipinski definition) is 0. The number of halogens is 3. The molecule has 2 aromatic carbocycles. The van der Waals surface area contributed by atoms with Gasteiger partial charge in [-0.3, -0.25) is 4.21 Å². The minimum atomic E-state index is -4.26. The first kappa shape index (κ1) is 24.1. The SMILES string of the molecule is O=S(CCC1OCC[C@@]2(S(=O)(=O)c3ccc(Cl)cc3)c3c(F)ccc(F)c3OCC12)C1COC1. The second-order valence-corrected chi connectivity index (χ2v) is 13.2. The molecular formula is C23H23ClF2O6S2. The normalized spacial score (nSPS) is 27.7. The Morgan fingerprint density at radius 3 is 2.44 bits per heavy atom. The monoisotopic (exact) mass is 532 g/mol. The number of hydrogen-bond acceptors (Lipinski definition) is 6. The van der Waals surface area contributed by atoms with E-state index in [0.717, 1.165) is 12.1 Å². The first-order chi connectivity index (χ1) is 16.3. The van der Waals surface area contributed by atoms with Crippen LogP contribution in [-0.4, -0.2) is 56.2 Å². The summed E-state index contributed by atoms with van der Waals surface area (Å²) in [5.41, 5.74) is -0.305. The summed E-state index contributed by atoms with van der Waals surface area (Å²) in [7, 11) is -5.42. The van der Waals surface area contributed by atoms with Crippen molar-refractivity contribution >= 4 is 32.2 Å². The number of ether oxygens (including phenoxy) is 3. The molecule has 2 saturated heterocycles. The molecule has 11 heteroatoms. The Kier molecular flexibility index (Phi) is 6.48. The Labute approximate surface area is 203 Å². The van der Waals surface area contributed by atoms with Crippen LogP contribution in [0.3, 0.4) is 0 Å². The van der Waals surface area contributed by atoms with Crippen molar-refractivity contribution in [1.29, 1.82) is 0 Å². The molecule has 3 aliphatic rings. The highest BCUT2D eigenvalue weighted by Gasteiger charge is 2.61. The van der Waals surface area contributed by atoms with Crippen molar-refractivity contribution in [3.8, 4) is 5.75 Å². The van der Waals surface area contributed by atoms with Crippen LogP contribution in [0.4, 0.5) is 8.78 Å². The maximum absolute atomic E-state index is 15.3. The van der Waals surface area contributed by atoms with Gasteiger partial charge in [0.1, 0.15) is 10.6 Å². The molecule has 0 N–H and O–H groups in total. The van der Waals surface area contributed by atoms with E-state index in [0.29, 0.717) is 24.7 Å². The van der Waals surface area contributed by atoms with Crippen LogP contribution in [0.15, 0.2) is 41.3 Å². The summed E-state index contributed by atoms with van der Waals surface area (Å²) in [5.74, 6) is -2.61. The van der Waals surface area contributed by atoms with E-state index in [-0.39, 0.29) is 46.8 Å². The molecule has 6 nitrogen and oxygen atoms in total. The average molecular weight is 533 g/mol. The smallest absolute Gasteiger partial charge is 0.189 e. The van der Waals surface area contributed by atoms with Crippen molar-refractivity contribution < 1.29 is 35.6 Å². The zero-order valence-corrected chi connectivity index (χ0v) is 20.4. The van der Waals surface area contributed by atoms with Crippen molar-refractivity contribution in [2.24, 2.45) is 5.92 Å². The summed E-state index contributed by atoms with van der Waals surface area (Å²) in [6, 6.07) is 7.48. The van der Waals surface area contributed by atoms with Gasteiger partial charge in [-0.2, -0.15) is 0 Å². The van der Waals surface area contributed by atoms with Crippen molar-refractivity contribution in [2.45, 2.75) is 33.8 Å². The molecular weight excluding hydrogens is 510 g/mol. The molecule has 0 spiro atoms. The van der Waals surface area contributed by atoms with E-state index >= 15 is 4.39 Å². The van der Waals surface area contributed by atoms with E-state index < -0.39 is 49.0 Å². The van der Waals surface area contributed by atoms with Gasteiger partial charge in [0.05, 0.1) is 41.6 Å². The van der Waals surface area contributed by atoms with Crippen LogP contribution in [0.25, 0.3) is 0 Å². The molecule has 184 valence electrons. The maximum atomic E-state index is 15.3. The minimum absolute atomic E-state index is 0.0164. The van der Waals surface area contributed by atoms with E-state index in [1.165, 1.54) is 24.3 Å². The molecule has 0 amide bonds. The molecule has 0 aromatic heterocycles. The third-order valence-electron chi connectivity index (χ3n) is 6.93. The summed E-state index contributed by atoms with van der Waals surface area (Å²) in [6.07, 6.45) is -0.451. The molecule has 0 aliphatic carbocycles. The van der Waals surface area contributed by atoms with Gasteiger partial charge in [-0.05, 0) is 49.2 Å². The van der Waals surface area contributed by atoms with Crippen LogP contribution in [0, 0.1) is 17.6 Å². The van der Waals surface area contributed by atoms with Crippen LogP contribution in [-0.2, 0) is 34.9 Å². The van der Waals surface area contributed by atoms with E-state index in [4.69, 9.17) is 25.8 Å². The fourth-order valence-corrected chi connectivity index (χ4v) is 8.86. The summed E-state index contributed by atoms with van der Waals surface area (Å²) in [4.78, 5) is -0.0470.